The number of alkyl halides is 3. The van der Waals surface area contributed by atoms with Gasteiger partial charge >= 0.3 is 12.1 Å². The van der Waals surface area contributed by atoms with E-state index in [0.29, 0.717) is 38.2 Å². The summed E-state index contributed by atoms with van der Waals surface area (Å²) in [5.41, 5.74) is 10.4. The summed E-state index contributed by atoms with van der Waals surface area (Å²) in [6.45, 7) is 1.92. The van der Waals surface area contributed by atoms with E-state index in [1.807, 2.05) is 66.7 Å². The number of esters is 1. The first kappa shape index (κ1) is 37.3. The lowest BCUT2D eigenvalue weighted by molar-refractivity contribution is -0.189. The van der Waals surface area contributed by atoms with E-state index in [4.69, 9.17) is 5.73 Å². The zero-order valence-corrected chi connectivity index (χ0v) is 28.6. The van der Waals surface area contributed by atoms with Gasteiger partial charge in [-0.15, -0.1) is 0 Å². The summed E-state index contributed by atoms with van der Waals surface area (Å²) in [5, 5.41) is 2.99. The predicted molar refractivity (Wildman–Crippen MR) is 187 cm³/mol. The molecule has 4 aromatic carbocycles. The van der Waals surface area contributed by atoms with Crippen LogP contribution in [0.4, 0.5) is 13.2 Å². The third-order valence-corrected chi connectivity index (χ3v) is 8.30. The highest BCUT2D eigenvalue weighted by Gasteiger charge is 2.41. The highest BCUT2D eigenvalue weighted by atomic mass is 79.9. The molecule has 4 aromatic rings. The Balaban J connectivity index is 1.46. The summed E-state index contributed by atoms with van der Waals surface area (Å²) >= 11 is 3.46. The first-order valence-corrected chi connectivity index (χ1v) is 16.9. The van der Waals surface area contributed by atoms with Crippen LogP contribution in [0.5, 0.6) is 5.75 Å². The quantitative estimate of drug-likeness (QED) is 0.0699. The van der Waals surface area contributed by atoms with Crippen molar-refractivity contribution in [3.05, 3.63) is 124 Å². The number of nitrogens with two attached hydrogens (primary N) is 1. The summed E-state index contributed by atoms with van der Waals surface area (Å²) < 4.78 is 43.0. The van der Waals surface area contributed by atoms with Gasteiger partial charge in [-0.1, -0.05) is 83.4 Å². The molecule has 258 valence electrons. The number of nitrogens with one attached hydrogen (secondary N) is 1. The Hall–Kier alpha value is -4.48. The van der Waals surface area contributed by atoms with Crippen LogP contribution in [-0.2, 0) is 29.0 Å². The highest BCUT2D eigenvalue weighted by Crippen LogP contribution is 2.24. The number of ether oxygens (including phenoxy) is 1. The molecule has 0 heterocycles. The van der Waals surface area contributed by atoms with Gasteiger partial charge < -0.3 is 20.7 Å². The van der Waals surface area contributed by atoms with E-state index >= 15 is 0 Å². The molecule has 0 aliphatic rings. The second kappa shape index (κ2) is 18.3. The molecule has 0 fully saturated rings. The molecular formula is C38H39BrF3N3O4. The Morgan fingerprint density at radius 1 is 0.776 bits per heavy atom. The maximum absolute atomic E-state index is 13.6. The number of benzene rings is 4. The molecule has 0 saturated carbocycles. The molecule has 4 rings (SSSR count). The average Bonchev–Trinajstić information content (AvgIpc) is 3.08. The van der Waals surface area contributed by atoms with Gasteiger partial charge in [0.05, 0.1) is 6.42 Å². The number of carbonyl (C=O) groups is 3. The van der Waals surface area contributed by atoms with Gasteiger partial charge in [-0.3, -0.25) is 9.59 Å². The maximum atomic E-state index is 13.6. The van der Waals surface area contributed by atoms with Crippen LogP contribution in [0.3, 0.4) is 0 Å². The number of carbonyl (C=O) groups excluding carboxylic acids is 3. The fourth-order valence-electron chi connectivity index (χ4n) is 5.21. The zero-order valence-electron chi connectivity index (χ0n) is 27.0. The van der Waals surface area contributed by atoms with Gasteiger partial charge in [0.25, 0.3) is 5.91 Å². The first-order valence-electron chi connectivity index (χ1n) is 16.1. The van der Waals surface area contributed by atoms with E-state index in [0.717, 1.165) is 58.0 Å². The molecule has 0 bridgehead atoms. The Bertz CT molecular complexity index is 1710. The molecule has 0 saturated heterocycles. The molecule has 11 heteroatoms. The first-order chi connectivity index (χ1) is 23.5. The van der Waals surface area contributed by atoms with Gasteiger partial charge in [0.1, 0.15) is 5.75 Å². The summed E-state index contributed by atoms with van der Waals surface area (Å²) in [7, 11) is 0. The Labute approximate surface area is 292 Å². The van der Waals surface area contributed by atoms with E-state index in [9.17, 15) is 27.6 Å². The number of nitrogens with zero attached hydrogens (tertiary/aromatic N) is 1. The second-order valence-electron chi connectivity index (χ2n) is 11.6. The molecule has 3 N–H and O–H groups in total. The van der Waals surface area contributed by atoms with E-state index in [2.05, 4.69) is 26.0 Å². The van der Waals surface area contributed by atoms with E-state index in [-0.39, 0.29) is 24.0 Å². The number of halogens is 4. The van der Waals surface area contributed by atoms with Crippen LogP contribution >= 0.6 is 15.9 Å². The SMILES string of the molecule is NCCCCCCNC(=O)c1cccc(-c2cccc(CN(CCc3ccc(OC(=O)C(F)(F)F)cc3)C(=O)Cc3cccc(Br)c3)c2)c1. The van der Waals surface area contributed by atoms with Crippen molar-refractivity contribution in [2.45, 2.75) is 51.2 Å². The lowest BCUT2D eigenvalue weighted by atomic mass is 10.0. The van der Waals surface area contributed by atoms with Crippen LogP contribution in [-0.4, -0.2) is 48.5 Å². The van der Waals surface area contributed by atoms with Gasteiger partial charge in [-0.25, -0.2) is 4.79 Å². The smallest absolute Gasteiger partial charge is 0.420 e. The monoisotopic (exact) mass is 737 g/mol. The summed E-state index contributed by atoms with van der Waals surface area (Å²) in [6, 6.07) is 28.5. The van der Waals surface area contributed by atoms with Crippen molar-refractivity contribution in [1.29, 1.82) is 0 Å². The molecular weight excluding hydrogens is 699 g/mol. The fourth-order valence-corrected chi connectivity index (χ4v) is 5.66. The third-order valence-electron chi connectivity index (χ3n) is 7.81. The molecule has 0 radical (unpaired) electrons. The summed E-state index contributed by atoms with van der Waals surface area (Å²) in [6.07, 6.45) is -0.555. The van der Waals surface area contributed by atoms with Gasteiger partial charge in [0.15, 0.2) is 0 Å². The van der Waals surface area contributed by atoms with Gasteiger partial charge in [0.2, 0.25) is 5.91 Å². The maximum Gasteiger partial charge on any atom is 0.491 e. The number of amides is 2. The van der Waals surface area contributed by atoms with Crippen LogP contribution in [0, 0.1) is 0 Å². The topological polar surface area (TPSA) is 102 Å². The molecule has 0 aliphatic carbocycles. The van der Waals surface area contributed by atoms with Crippen molar-refractivity contribution < 1.29 is 32.3 Å². The van der Waals surface area contributed by atoms with Crippen molar-refractivity contribution in [2.24, 2.45) is 5.73 Å². The lowest BCUT2D eigenvalue weighted by Crippen LogP contribution is -2.33. The highest BCUT2D eigenvalue weighted by molar-refractivity contribution is 9.10. The molecule has 0 atom stereocenters. The van der Waals surface area contributed by atoms with Gasteiger partial charge in [0, 0.05) is 29.7 Å². The second-order valence-corrected chi connectivity index (χ2v) is 12.6. The van der Waals surface area contributed by atoms with Crippen molar-refractivity contribution in [2.75, 3.05) is 19.6 Å². The van der Waals surface area contributed by atoms with Crippen LogP contribution < -0.4 is 15.8 Å². The number of hydrogen-bond acceptors (Lipinski definition) is 5. The molecule has 7 nitrogen and oxygen atoms in total. The van der Waals surface area contributed by atoms with Crippen molar-refractivity contribution in [1.82, 2.24) is 10.2 Å². The van der Waals surface area contributed by atoms with E-state index in [1.165, 1.54) is 12.1 Å². The Morgan fingerprint density at radius 2 is 1.45 bits per heavy atom. The molecule has 0 aliphatic heterocycles. The van der Waals surface area contributed by atoms with Crippen molar-refractivity contribution >= 4 is 33.7 Å². The minimum absolute atomic E-state index is 0.0964. The number of rotatable bonds is 16. The van der Waals surface area contributed by atoms with Crippen LogP contribution in [0.1, 0.15) is 52.7 Å². The third kappa shape index (κ3) is 12.2. The van der Waals surface area contributed by atoms with Gasteiger partial charge in [-0.05, 0) is 96.1 Å². The van der Waals surface area contributed by atoms with Crippen molar-refractivity contribution in [3.8, 4) is 16.9 Å². The minimum Gasteiger partial charge on any atom is -0.420 e. The number of hydrogen-bond donors (Lipinski definition) is 2. The predicted octanol–water partition coefficient (Wildman–Crippen LogP) is 7.65. The Morgan fingerprint density at radius 3 is 2.16 bits per heavy atom. The van der Waals surface area contributed by atoms with Crippen LogP contribution in [0.15, 0.2) is 102 Å². The Kier molecular flexibility index (Phi) is 14.0. The van der Waals surface area contributed by atoms with Crippen LogP contribution in [0.2, 0.25) is 0 Å². The zero-order chi connectivity index (χ0) is 35.2. The largest absolute Gasteiger partial charge is 0.491 e. The fraction of sp³-hybridized carbons (Fsp3) is 0.289. The standard InChI is InChI=1S/C38H39BrF3N3O4/c39-33-13-6-8-28(23-33)24-35(46)45(21-18-27-14-16-34(17-15-27)49-37(48)38(40,41)42)26-29-9-5-10-30(22-29)31-11-7-12-32(25-31)36(47)44-20-4-2-1-3-19-43/h5-17,22-23,25H,1-4,18-21,24,26,43H2,(H,44,47). The van der Waals surface area contributed by atoms with E-state index in [1.54, 1.807) is 23.1 Å². The molecule has 49 heavy (non-hydrogen) atoms. The molecule has 0 aromatic heterocycles. The molecule has 0 spiro atoms. The molecule has 0 unspecified atom stereocenters. The summed E-state index contributed by atoms with van der Waals surface area (Å²) in [5.74, 6) is -2.73. The number of unbranched alkanes of at least 4 members (excludes halogenated alkanes) is 3. The summed E-state index contributed by atoms with van der Waals surface area (Å²) in [4.78, 5) is 39.4. The average molecular weight is 739 g/mol. The van der Waals surface area contributed by atoms with Crippen molar-refractivity contribution in [3.63, 3.8) is 0 Å². The van der Waals surface area contributed by atoms with Gasteiger partial charge in [-0.2, -0.15) is 13.2 Å². The van der Waals surface area contributed by atoms with Crippen LogP contribution in [0.25, 0.3) is 11.1 Å². The lowest BCUT2D eigenvalue weighted by Gasteiger charge is -2.24. The molecule has 2 amide bonds. The normalized spacial score (nSPS) is 11.2. The minimum atomic E-state index is -5.09. The van der Waals surface area contributed by atoms with E-state index < -0.39 is 12.1 Å².